The maximum atomic E-state index is 5.73. The number of hydrogen-bond acceptors (Lipinski definition) is 2. The SMILES string of the molecule is CN1CC2CC=CC(CN)C2C1. The quantitative estimate of drug-likeness (QED) is 0.581. The Morgan fingerprint density at radius 1 is 1.50 bits per heavy atom. The van der Waals surface area contributed by atoms with Crippen molar-refractivity contribution in [3.05, 3.63) is 12.2 Å². The second-order valence-corrected chi connectivity index (χ2v) is 4.21. The Bertz CT molecular complexity index is 188. The van der Waals surface area contributed by atoms with Gasteiger partial charge in [0, 0.05) is 13.1 Å². The molecule has 0 saturated carbocycles. The van der Waals surface area contributed by atoms with E-state index in [2.05, 4.69) is 24.1 Å². The Morgan fingerprint density at radius 3 is 3.08 bits per heavy atom. The predicted molar refractivity (Wildman–Crippen MR) is 50.8 cm³/mol. The molecule has 1 heterocycles. The van der Waals surface area contributed by atoms with Crippen molar-refractivity contribution in [3.8, 4) is 0 Å². The van der Waals surface area contributed by atoms with E-state index in [1.54, 1.807) is 0 Å². The summed E-state index contributed by atoms with van der Waals surface area (Å²) in [5.41, 5.74) is 5.73. The lowest BCUT2D eigenvalue weighted by atomic mass is 9.78. The van der Waals surface area contributed by atoms with Crippen LogP contribution in [0.3, 0.4) is 0 Å². The second kappa shape index (κ2) is 3.19. The summed E-state index contributed by atoms with van der Waals surface area (Å²) in [5, 5.41) is 0. The number of fused-ring (bicyclic) bond motifs is 1. The summed E-state index contributed by atoms with van der Waals surface area (Å²) in [4.78, 5) is 2.44. The van der Waals surface area contributed by atoms with Gasteiger partial charge in [0.2, 0.25) is 0 Å². The van der Waals surface area contributed by atoms with Crippen molar-refractivity contribution in [2.75, 3.05) is 26.7 Å². The van der Waals surface area contributed by atoms with Gasteiger partial charge < -0.3 is 10.6 Å². The molecule has 0 aromatic rings. The summed E-state index contributed by atoms with van der Waals surface area (Å²) in [5.74, 6) is 2.37. The van der Waals surface area contributed by atoms with Gasteiger partial charge >= 0.3 is 0 Å². The van der Waals surface area contributed by atoms with Crippen molar-refractivity contribution in [2.24, 2.45) is 23.5 Å². The minimum absolute atomic E-state index is 0.647. The number of rotatable bonds is 1. The molecule has 2 rings (SSSR count). The van der Waals surface area contributed by atoms with E-state index in [9.17, 15) is 0 Å². The average molecular weight is 166 g/mol. The number of likely N-dealkylation sites (tertiary alicyclic amines) is 1. The first-order chi connectivity index (χ1) is 5.81. The van der Waals surface area contributed by atoms with Crippen LogP contribution >= 0.6 is 0 Å². The van der Waals surface area contributed by atoms with Crippen LogP contribution < -0.4 is 5.73 Å². The van der Waals surface area contributed by atoms with Gasteiger partial charge in [0.15, 0.2) is 0 Å². The molecule has 1 aliphatic carbocycles. The largest absolute Gasteiger partial charge is 0.330 e. The molecule has 0 amide bonds. The van der Waals surface area contributed by atoms with Crippen LogP contribution in [0.5, 0.6) is 0 Å². The van der Waals surface area contributed by atoms with E-state index >= 15 is 0 Å². The zero-order valence-electron chi connectivity index (χ0n) is 7.74. The smallest absolute Gasteiger partial charge is 0.00161 e. The lowest BCUT2D eigenvalue weighted by Gasteiger charge is -2.27. The van der Waals surface area contributed by atoms with Gasteiger partial charge in [0.25, 0.3) is 0 Å². The topological polar surface area (TPSA) is 29.3 Å². The Labute approximate surface area is 74.4 Å². The van der Waals surface area contributed by atoms with E-state index in [1.165, 1.54) is 19.5 Å². The fraction of sp³-hybridized carbons (Fsp3) is 0.800. The Balaban J connectivity index is 2.09. The van der Waals surface area contributed by atoms with Crippen LogP contribution in [0, 0.1) is 17.8 Å². The van der Waals surface area contributed by atoms with Crippen molar-refractivity contribution in [1.29, 1.82) is 0 Å². The molecule has 12 heavy (non-hydrogen) atoms. The third-order valence-electron chi connectivity index (χ3n) is 3.32. The Morgan fingerprint density at radius 2 is 2.33 bits per heavy atom. The molecule has 0 radical (unpaired) electrons. The van der Waals surface area contributed by atoms with Crippen LogP contribution in [0.25, 0.3) is 0 Å². The van der Waals surface area contributed by atoms with Gasteiger partial charge in [0.05, 0.1) is 0 Å². The Hall–Kier alpha value is -0.340. The zero-order chi connectivity index (χ0) is 8.55. The molecule has 0 spiro atoms. The molecular weight excluding hydrogens is 148 g/mol. The first-order valence-corrected chi connectivity index (χ1v) is 4.86. The Kier molecular flexibility index (Phi) is 2.20. The van der Waals surface area contributed by atoms with Crippen molar-refractivity contribution in [3.63, 3.8) is 0 Å². The third kappa shape index (κ3) is 1.29. The summed E-state index contributed by atoms with van der Waals surface area (Å²) in [6.45, 7) is 3.34. The van der Waals surface area contributed by atoms with E-state index in [0.29, 0.717) is 5.92 Å². The summed E-state index contributed by atoms with van der Waals surface area (Å²) in [6, 6.07) is 0. The molecule has 2 N–H and O–H groups in total. The number of nitrogens with two attached hydrogens (primary N) is 1. The first kappa shape index (κ1) is 8.27. The lowest BCUT2D eigenvalue weighted by molar-refractivity contribution is 0.314. The molecule has 2 aliphatic rings. The minimum Gasteiger partial charge on any atom is -0.330 e. The fourth-order valence-electron chi connectivity index (χ4n) is 2.68. The maximum absolute atomic E-state index is 5.73. The van der Waals surface area contributed by atoms with E-state index in [4.69, 9.17) is 5.73 Å². The molecule has 0 aromatic heterocycles. The number of hydrogen-bond donors (Lipinski definition) is 1. The predicted octanol–water partition coefficient (Wildman–Crippen LogP) is 0.699. The highest BCUT2D eigenvalue weighted by Gasteiger charge is 2.35. The molecule has 3 unspecified atom stereocenters. The summed E-state index contributed by atoms with van der Waals surface area (Å²) >= 11 is 0. The first-order valence-electron chi connectivity index (χ1n) is 4.86. The highest BCUT2D eigenvalue weighted by Crippen LogP contribution is 2.35. The minimum atomic E-state index is 0.647. The molecule has 2 heteroatoms. The maximum Gasteiger partial charge on any atom is 0.00161 e. The van der Waals surface area contributed by atoms with Gasteiger partial charge in [-0.05, 0) is 37.8 Å². The number of allylic oxidation sites excluding steroid dienone is 1. The molecule has 2 nitrogen and oxygen atoms in total. The van der Waals surface area contributed by atoms with E-state index in [0.717, 1.165) is 18.4 Å². The lowest BCUT2D eigenvalue weighted by Crippen LogP contribution is -2.29. The molecule has 0 bridgehead atoms. The van der Waals surface area contributed by atoms with E-state index in [-0.39, 0.29) is 0 Å². The van der Waals surface area contributed by atoms with Crippen molar-refractivity contribution >= 4 is 0 Å². The van der Waals surface area contributed by atoms with Crippen LogP contribution in [0.15, 0.2) is 12.2 Å². The molecule has 68 valence electrons. The summed E-state index contributed by atoms with van der Waals surface area (Å²) in [6.07, 6.45) is 5.91. The van der Waals surface area contributed by atoms with Gasteiger partial charge in [-0.15, -0.1) is 0 Å². The third-order valence-corrected chi connectivity index (χ3v) is 3.32. The standard InChI is InChI=1S/C10H18N2/c1-12-6-9-4-2-3-8(5-11)10(9)7-12/h2-3,8-10H,4-7,11H2,1H3. The second-order valence-electron chi connectivity index (χ2n) is 4.21. The van der Waals surface area contributed by atoms with E-state index in [1.807, 2.05) is 0 Å². The van der Waals surface area contributed by atoms with Gasteiger partial charge in [-0.3, -0.25) is 0 Å². The zero-order valence-corrected chi connectivity index (χ0v) is 7.74. The van der Waals surface area contributed by atoms with Gasteiger partial charge in [-0.1, -0.05) is 12.2 Å². The van der Waals surface area contributed by atoms with Crippen molar-refractivity contribution in [2.45, 2.75) is 6.42 Å². The number of nitrogens with zero attached hydrogens (tertiary/aromatic N) is 1. The summed E-state index contributed by atoms with van der Waals surface area (Å²) in [7, 11) is 2.21. The molecule has 3 atom stereocenters. The molecule has 1 fully saturated rings. The molecule has 0 aromatic carbocycles. The van der Waals surface area contributed by atoms with Crippen LogP contribution in [-0.2, 0) is 0 Å². The molecule has 1 saturated heterocycles. The van der Waals surface area contributed by atoms with Crippen LogP contribution in [-0.4, -0.2) is 31.6 Å². The molecule has 1 aliphatic heterocycles. The van der Waals surface area contributed by atoms with E-state index < -0.39 is 0 Å². The monoisotopic (exact) mass is 166 g/mol. The van der Waals surface area contributed by atoms with Crippen LogP contribution in [0.1, 0.15) is 6.42 Å². The van der Waals surface area contributed by atoms with Crippen LogP contribution in [0.2, 0.25) is 0 Å². The van der Waals surface area contributed by atoms with Gasteiger partial charge in [-0.2, -0.15) is 0 Å². The molecular formula is C10H18N2. The van der Waals surface area contributed by atoms with Gasteiger partial charge in [-0.25, -0.2) is 0 Å². The van der Waals surface area contributed by atoms with Gasteiger partial charge in [0.1, 0.15) is 0 Å². The highest BCUT2D eigenvalue weighted by molar-refractivity contribution is 5.04. The average Bonchev–Trinajstić information content (AvgIpc) is 2.44. The fourth-order valence-corrected chi connectivity index (χ4v) is 2.68. The van der Waals surface area contributed by atoms with Crippen LogP contribution in [0.4, 0.5) is 0 Å². The normalized spacial score (nSPS) is 41.7. The highest BCUT2D eigenvalue weighted by atomic mass is 15.1. The summed E-state index contributed by atoms with van der Waals surface area (Å²) < 4.78 is 0. The van der Waals surface area contributed by atoms with Crippen molar-refractivity contribution in [1.82, 2.24) is 4.90 Å². The van der Waals surface area contributed by atoms with Crippen molar-refractivity contribution < 1.29 is 0 Å².